The first-order valence-corrected chi connectivity index (χ1v) is 9.35. The zero-order valence-corrected chi connectivity index (χ0v) is 16.1. The van der Waals surface area contributed by atoms with Crippen LogP contribution < -0.4 is 15.6 Å². The summed E-state index contributed by atoms with van der Waals surface area (Å²) in [6.45, 7) is 4.33. The number of aromatic nitrogens is 3. The minimum atomic E-state index is -0.593. The molecule has 1 aromatic carbocycles. The van der Waals surface area contributed by atoms with Gasteiger partial charge in [-0.25, -0.2) is 13.8 Å². The van der Waals surface area contributed by atoms with Gasteiger partial charge >= 0.3 is 0 Å². The number of rotatable bonds is 5. The molecule has 0 radical (unpaired) electrons. The van der Waals surface area contributed by atoms with Gasteiger partial charge in [-0.2, -0.15) is 0 Å². The van der Waals surface area contributed by atoms with Gasteiger partial charge in [0, 0.05) is 48.1 Å². The Balaban J connectivity index is 1.71. The molecule has 1 aliphatic rings. The van der Waals surface area contributed by atoms with E-state index in [-0.39, 0.29) is 35.1 Å². The van der Waals surface area contributed by atoms with Gasteiger partial charge in [0.25, 0.3) is 5.56 Å². The Labute approximate surface area is 166 Å². The van der Waals surface area contributed by atoms with Crippen molar-refractivity contribution in [3.05, 3.63) is 69.9 Å². The first-order valence-electron chi connectivity index (χ1n) is 9.35. The molecule has 150 valence electrons. The number of ether oxygens (including phenoxy) is 1. The van der Waals surface area contributed by atoms with Gasteiger partial charge in [-0.3, -0.25) is 14.3 Å². The van der Waals surface area contributed by atoms with Crippen LogP contribution in [0, 0.1) is 11.6 Å². The van der Waals surface area contributed by atoms with Crippen molar-refractivity contribution in [3.63, 3.8) is 0 Å². The van der Waals surface area contributed by atoms with Crippen LogP contribution in [0.25, 0.3) is 11.1 Å². The van der Waals surface area contributed by atoms with Crippen LogP contribution in [0.15, 0.2) is 41.6 Å². The fourth-order valence-corrected chi connectivity index (χ4v) is 3.53. The molecule has 0 aliphatic carbocycles. The third-order valence-electron chi connectivity index (χ3n) is 4.94. The van der Waals surface area contributed by atoms with Crippen LogP contribution in [0.3, 0.4) is 0 Å². The summed E-state index contributed by atoms with van der Waals surface area (Å²) in [4.78, 5) is 21.1. The first kappa shape index (κ1) is 19.0. The molecule has 0 bridgehead atoms. The van der Waals surface area contributed by atoms with Crippen molar-refractivity contribution in [3.8, 4) is 16.9 Å². The van der Waals surface area contributed by atoms with Crippen molar-refractivity contribution < 1.29 is 13.5 Å². The molecule has 0 atom stereocenters. The van der Waals surface area contributed by atoms with Gasteiger partial charge in [0.2, 0.25) is 5.95 Å². The maximum Gasteiger partial charge on any atom is 0.263 e. The molecule has 0 amide bonds. The van der Waals surface area contributed by atoms with E-state index >= 15 is 0 Å². The van der Waals surface area contributed by atoms with Crippen LogP contribution >= 0.6 is 0 Å². The number of anilines is 1. The smallest absolute Gasteiger partial charge is 0.263 e. The van der Waals surface area contributed by atoms with E-state index in [1.54, 1.807) is 6.07 Å². The van der Waals surface area contributed by atoms with Gasteiger partial charge in [0.05, 0.1) is 18.4 Å². The summed E-state index contributed by atoms with van der Waals surface area (Å²) in [7, 11) is 0. The summed E-state index contributed by atoms with van der Waals surface area (Å²) in [5.41, 5.74) is 1.22. The van der Waals surface area contributed by atoms with Gasteiger partial charge in [0.15, 0.2) is 0 Å². The molecule has 2 aromatic heterocycles. The number of halogens is 2. The highest BCUT2D eigenvalue weighted by Gasteiger charge is 2.21. The summed E-state index contributed by atoms with van der Waals surface area (Å²) in [6, 6.07) is 4.20. The second kappa shape index (κ2) is 7.62. The van der Waals surface area contributed by atoms with Gasteiger partial charge in [-0.1, -0.05) is 0 Å². The van der Waals surface area contributed by atoms with Crippen LogP contribution in [0.1, 0.15) is 31.0 Å². The van der Waals surface area contributed by atoms with Crippen LogP contribution in [0.4, 0.5) is 14.7 Å². The zero-order valence-electron chi connectivity index (χ0n) is 16.1. The molecule has 0 spiro atoms. The summed E-state index contributed by atoms with van der Waals surface area (Å²) in [5, 5.41) is 3.07. The van der Waals surface area contributed by atoms with Gasteiger partial charge in [-0.05, 0) is 32.0 Å². The van der Waals surface area contributed by atoms with Crippen LogP contribution in [-0.2, 0) is 13.0 Å². The van der Waals surface area contributed by atoms with Crippen molar-refractivity contribution in [2.45, 2.75) is 32.9 Å². The topological polar surface area (TPSA) is 69.0 Å². The summed E-state index contributed by atoms with van der Waals surface area (Å²) < 4.78 is 35.4. The molecule has 1 aliphatic heterocycles. The Hall–Kier alpha value is -3.29. The average Bonchev–Trinajstić information content (AvgIpc) is 3.16. The van der Waals surface area contributed by atoms with E-state index in [0.717, 1.165) is 11.8 Å². The molecule has 0 saturated heterocycles. The number of hydrogen-bond donors (Lipinski definition) is 1. The third-order valence-corrected chi connectivity index (χ3v) is 4.94. The predicted octanol–water partition coefficient (Wildman–Crippen LogP) is 3.71. The Morgan fingerprint density at radius 1 is 1.17 bits per heavy atom. The SMILES string of the molecule is CC(C)n1c(NCc2c(F)ccc3c2CCO3)ncc(-c2ccncc2F)c1=O. The highest BCUT2D eigenvalue weighted by Crippen LogP contribution is 2.30. The zero-order chi connectivity index (χ0) is 20.5. The van der Waals surface area contributed by atoms with Crippen molar-refractivity contribution in [2.75, 3.05) is 11.9 Å². The van der Waals surface area contributed by atoms with Crippen molar-refractivity contribution in [2.24, 2.45) is 0 Å². The number of pyridine rings is 1. The molecule has 3 aromatic rings. The summed E-state index contributed by atoms with van der Waals surface area (Å²) >= 11 is 0. The van der Waals surface area contributed by atoms with E-state index in [2.05, 4.69) is 15.3 Å². The van der Waals surface area contributed by atoms with Crippen molar-refractivity contribution in [1.29, 1.82) is 0 Å². The summed E-state index contributed by atoms with van der Waals surface area (Å²) in [6.07, 6.45) is 4.44. The molecule has 0 unspecified atom stereocenters. The highest BCUT2D eigenvalue weighted by molar-refractivity contribution is 5.62. The van der Waals surface area contributed by atoms with Crippen molar-refractivity contribution >= 4 is 5.95 Å². The van der Waals surface area contributed by atoms with Crippen LogP contribution in [0.5, 0.6) is 5.75 Å². The lowest BCUT2D eigenvalue weighted by Crippen LogP contribution is -2.28. The Morgan fingerprint density at radius 3 is 2.76 bits per heavy atom. The normalized spacial score (nSPS) is 12.7. The third kappa shape index (κ3) is 3.46. The lowest BCUT2D eigenvalue weighted by atomic mass is 10.0. The average molecular weight is 398 g/mol. The highest BCUT2D eigenvalue weighted by atomic mass is 19.1. The number of nitrogens with one attached hydrogen (secondary N) is 1. The second-order valence-corrected chi connectivity index (χ2v) is 7.07. The van der Waals surface area contributed by atoms with E-state index in [1.807, 2.05) is 13.8 Å². The Kier molecular flexibility index (Phi) is 5.00. The molecule has 4 rings (SSSR count). The number of nitrogens with zero attached hydrogens (tertiary/aromatic N) is 3. The maximum absolute atomic E-state index is 14.4. The Morgan fingerprint density at radius 2 is 2.00 bits per heavy atom. The predicted molar refractivity (Wildman–Crippen MR) is 105 cm³/mol. The van der Waals surface area contributed by atoms with Gasteiger partial charge in [-0.15, -0.1) is 0 Å². The standard InChI is InChI=1S/C21H20F2N4O2/c1-12(2)27-20(28)16(13-5-7-24-11-18(13)23)10-26-21(27)25-9-15-14-6-8-29-19(14)4-3-17(15)22/h3-5,7,10-12H,6,8-9H2,1-2H3,(H,25,26). The molecular formula is C21H20F2N4O2. The van der Waals surface area contributed by atoms with E-state index in [4.69, 9.17) is 4.74 Å². The Bertz CT molecular complexity index is 1130. The van der Waals surface area contributed by atoms with E-state index in [0.29, 0.717) is 30.3 Å². The van der Waals surface area contributed by atoms with E-state index < -0.39 is 5.82 Å². The molecule has 3 heterocycles. The van der Waals surface area contributed by atoms with E-state index in [1.165, 1.54) is 29.1 Å². The lowest BCUT2D eigenvalue weighted by Gasteiger charge is -2.18. The fraction of sp³-hybridized carbons (Fsp3) is 0.286. The van der Waals surface area contributed by atoms with Gasteiger partial charge < -0.3 is 10.1 Å². The molecule has 0 saturated carbocycles. The quantitative estimate of drug-likeness (QED) is 0.710. The number of hydrogen-bond acceptors (Lipinski definition) is 5. The number of fused-ring (bicyclic) bond motifs is 1. The fourth-order valence-electron chi connectivity index (χ4n) is 3.53. The molecule has 0 fully saturated rings. The number of benzene rings is 1. The molecular weight excluding hydrogens is 378 g/mol. The minimum absolute atomic E-state index is 0.141. The summed E-state index contributed by atoms with van der Waals surface area (Å²) in [5.74, 6) is 0.0417. The van der Waals surface area contributed by atoms with Crippen LogP contribution in [-0.4, -0.2) is 21.1 Å². The molecule has 1 N–H and O–H groups in total. The second-order valence-electron chi connectivity index (χ2n) is 7.07. The first-order chi connectivity index (χ1) is 14.0. The molecule has 29 heavy (non-hydrogen) atoms. The largest absolute Gasteiger partial charge is 0.493 e. The minimum Gasteiger partial charge on any atom is -0.493 e. The van der Waals surface area contributed by atoms with Crippen molar-refractivity contribution in [1.82, 2.24) is 14.5 Å². The van der Waals surface area contributed by atoms with E-state index in [9.17, 15) is 13.6 Å². The maximum atomic E-state index is 14.4. The monoisotopic (exact) mass is 398 g/mol. The van der Waals surface area contributed by atoms with Gasteiger partial charge in [0.1, 0.15) is 17.4 Å². The molecule has 6 nitrogen and oxygen atoms in total. The molecule has 8 heteroatoms. The lowest BCUT2D eigenvalue weighted by molar-refractivity contribution is 0.356. The van der Waals surface area contributed by atoms with Crippen LogP contribution in [0.2, 0.25) is 0 Å².